The second kappa shape index (κ2) is 9.71. The Kier molecular flexibility index (Phi) is 8.57. The number of hydrogen-bond donors (Lipinski definition) is 0. The maximum atomic E-state index is 5.90. The molecule has 1 aromatic carbocycles. The molecule has 0 spiro atoms. The predicted octanol–water partition coefficient (Wildman–Crippen LogP) is 4.51. The fraction of sp³-hybridized carbons (Fsp3) is 0.600. The van der Waals surface area contributed by atoms with Gasteiger partial charge in [0.2, 0.25) is 0 Å². The van der Waals surface area contributed by atoms with E-state index in [1.807, 2.05) is 11.8 Å². The SMILES string of the molecule is CCC(CC)N(CCCl)CCSc1ccccc1. The number of alkyl halides is 1. The molecule has 0 N–H and O–H groups in total. The van der Waals surface area contributed by atoms with Crippen molar-refractivity contribution in [2.45, 2.75) is 37.6 Å². The van der Waals surface area contributed by atoms with E-state index in [4.69, 9.17) is 11.6 Å². The minimum absolute atomic E-state index is 0.681. The molecule has 0 heterocycles. The fourth-order valence-corrected chi connectivity index (χ4v) is 3.32. The zero-order valence-corrected chi connectivity index (χ0v) is 13.0. The highest BCUT2D eigenvalue weighted by Crippen LogP contribution is 2.18. The number of rotatable bonds is 9. The molecule has 0 aliphatic heterocycles. The molecule has 0 bridgehead atoms. The third kappa shape index (κ3) is 5.64. The minimum Gasteiger partial charge on any atom is -0.298 e. The fourth-order valence-electron chi connectivity index (χ4n) is 2.19. The van der Waals surface area contributed by atoms with E-state index in [-0.39, 0.29) is 0 Å². The summed E-state index contributed by atoms with van der Waals surface area (Å²) in [7, 11) is 0. The molecular formula is C15H24ClNS. The maximum Gasteiger partial charge on any atom is 0.0351 e. The largest absolute Gasteiger partial charge is 0.298 e. The molecule has 1 rings (SSSR count). The van der Waals surface area contributed by atoms with E-state index >= 15 is 0 Å². The topological polar surface area (TPSA) is 3.24 Å². The second-order valence-corrected chi connectivity index (χ2v) is 5.90. The summed E-state index contributed by atoms with van der Waals surface area (Å²) < 4.78 is 0. The van der Waals surface area contributed by atoms with E-state index in [9.17, 15) is 0 Å². The molecule has 0 saturated heterocycles. The molecule has 0 aliphatic carbocycles. The smallest absolute Gasteiger partial charge is 0.0351 e. The third-order valence-corrected chi connectivity index (χ3v) is 4.38. The Bertz CT molecular complexity index is 301. The molecule has 18 heavy (non-hydrogen) atoms. The van der Waals surface area contributed by atoms with Crippen LogP contribution in [0, 0.1) is 0 Å². The van der Waals surface area contributed by atoms with Gasteiger partial charge in [-0.3, -0.25) is 4.90 Å². The first-order valence-electron chi connectivity index (χ1n) is 6.79. The molecule has 102 valence electrons. The van der Waals surface area contributed by atoms with Crippen LogP contribution >= 0.6 is 23.4 Å². The summed E-state index contributed by atoms with van der Waals surface area (Å²) in [4.78, 5) is 3.89. The van der Waals surface area contributed by atoms with Crippen LogP contribution in [0.1, 0.15) is 26.7 Å². The number of thioether (sulfide) groups is 1. The van der Waals surface area contributed by atoms with E-state index in [1.165, 1.54) is 17.7 Å². The second-order valence-electron chi connectivity index (χ2n) is 4.36. The van der Waals surface area contributed by atoms with Crippen molar-refractivity contribution in [2.24, 2.45) is 0 Å². The summed E-state index contributed by atoms with van der Waals surface area (Å²) >= 11 is 7.83. The summed E-state index contributed by atoms with van der Waals surface area (Å²) in [6, 6.07) is 11.3. The van der Waals surface area contributed by atoms with Gasteiger partial charge in [0.15, 0.2) is 0 Å². The molecule has 0 aromatic heterocycles. The van der Waals surface area contributed by atoms with Crippen molar-refractivity contribution >= 4 is 23.4 Å². The van der Waals surface area contributed by atoms with E-state index < -0.39 is 0 Å². The van der Waals surface area contributed by atoms with Crippen LogP contribution in [0.4, 0.5) is 0 Å². The van der Waals surface area contributed by atoms with Gasteiger partial charge in [-0.25, -0.2) is 0 Å². The first-order valence-corrected chi connectivity index (χ1v) is 8.31. The molecule has 1 aromatic rings. The van der Waals surface area contributed by atoms with Crippen LogP contribution < -0.4 is 0 Å². The Morgan fingerprint density at radius 2 is 1.78 bits per heavy atom. The van der Waals surface area contributed by atoms with Gasteiger partial charge in [-0.15, -0.1) is 23.4 Å². The molecule has 0 amide bonds. The van der Waals surface area contributed by atoms with Gasteiger partial charge in [0.25, 0.3) is 0 Å². The van der Waals surface area contributed by atoms with Crippen molar-refractivity contribution in [3.63, 3.8) is 0 Å². The molecule has 0 atom stereocenters. The zero-order valence-electron chi connectivity index (χ0n) is 11.4. The van der Waals surface area contributed by atoms with Crippen LogP contribution in [0.5, 0.6) is 0 Å². The summed E-state index contributed by atoms with van der Waals surface area (Å²) in [6.45, 7) is 6.65. The lowest BCUT2D eigenvalue weighted by molar-refractivity contribution is 0.209. The molecule has 0 aliphatic rings. The summed E-state index contributed by atoms with van der Waals surface area (Å²) in [5.41, 5.74) is 0. The Balaban J connectivity index is 2.37. The summed E-state index contributed by atoms with van der Waals surface area (Å²) in [5.74, 6) is 1.86. The standard InChI is InChI=1S/C15H24ClNS/c1-3-14(4-2)17(11-10-16)12-13-18-15-8-6-5-7-9-15/h5-9,14H,3-4,10-13H2,1-2H3. The molecule has 1 nitrogen and oxygen atoms in total. The Labute approximate surface area is 121 Å². The van der Waals surface area contributed by atoms with Gasteiger partial charge in [0, 0.05) is 35.7 Å². The normalized spacial score (nSPS) is 11.4. The molecule has 0 unspecified atom stereocenters. The van der Waals surface area contributed by atoms with Gasteiger partial charge in [0.05, 0.1) is 0 Å². The van der Waals surface area contributed by atoms with Crippen LogP contribution in [-0.4, -0.2) is 35.7 Å². The van der Waals surface area contributed by atoms with Gasteiger partial charge in [-0.1, -0.05) is 32.0 Å². The first kappa shape index (κ1) is 15.9. The van der Waals surface area contributed by atoms with Gasteiger partial charge in [-0.2, -0.15) is 0 Å². The van der Waals surface area contributed by atoms with Crippen LogP contribution in [0.15, 0.2) is 35.2 Å². The first-order chi connectivity index (χ1) is 8.81. The van der Waals surface area contributed by atoms with Crippen LogP contribution in [0.3, 0.4) is 0 Å². The van der Waals surface area contributed by atoms with Crippen molar-refractivity contribution in [2.75, 3.05) is 24.7 Å². The Morgan fingerprint density at radius 1 is 1.11 bits per heavy atom. The lowest BCUT2D eigenvalue weighted by atomic mass is 10.1. The summed E-state index contributed by atoms with van der Waals surface area (Å²) in [6.07, 6.45) is 2.42. The highest BCUT2D eigenvalue weighted by Gasteiger charge is 2.13. The van der Waals surface area contributed by atoms with Crippen LogP contribution in [-0.2, 0) is 0 Å². The van der Waals surface area contributed by atoms with Gasteiger partial charge in [0.1, 0.15) is 0 Å². The minimum atomic E-state index is 0.681. The Hall–Kier alpha value is -0.180. The lowest BCUT2D eigenvalue weighted by Gasteiger charge is -2.29. The Morgan fingerprint density at radius 3 is 2.33 bits per heavy atom. The van der Waals surface area contributed by atoms with E-state index in [0.717, 1.165) is 24.7 Å². The van der Waals surface area contributed by atoms with Crippen molar-refractivity contribution in [3.8, 4) is 0 Å². The van der Waals surface area contributed by atoms with Crippen LogP contribution in [0.25, 0.3) is 0 Å². The molecule has 3 heteroatoms. The monoisotopic (exact) mass is 285 g/mol. The number of benzene rings is 1. The molecule has 0 radical (unpaired) electrons. The number of halogens is 1. The average Bonchev–Trinajstić information content (AvgIpc) is 2.41. The van der Waals surface area contributed by atoms with Crippen molar-refractivity contribution in [3.05, 3.63) is 30.3 Å². The number of hydrogen-bond acceptors (Lipinski definition) is 2. The van der Waals surface area contributed by atoms with Crippen molar-refractivity contribution in [1.29, 1.82) is 0 Å². The van der Waals surface area contributed by atoms with E-state index in [0.29, 0.717) is 6.04 Å². The van der Waals surface area contributed by atoms with Crippen molar-refractivity contribution < 1.29 is 0 Å². The average molecular weight is 286 g/mol. The quantitative estimate of drug-likeness (QED) is 0.485. The predicted molar refractivity (Wildman–Crippen MR) is 83.8 cm³/mol. The van der Waals surface area contributed by atoms with Gasteiger partial charge < -0.3 is 0 Å². The van der Waals surface area contributed by atoms with E-state index in [2.05, 4.69) is 49.1 Å². The molecular weight excluding hydrogens is 262 g/mol. The summed E-state index contributed by atoms with van der Waals surface area (Å²) in [5, 5.41) is 0. The van der Waals surface area contributed by atoms with Crippen LogP contribution in [0.2, 0.25) is 0 Å². The highest BCUT2D eigenvalue weighted by atomic mass is 35.5. The van der Waals surface area contributed by atoms with Crippen molar-refractivity contribution in [1.82, 2.24) is 4.90 Å². The lowest BCUT2D eigenvalue weighted by Crippen LogP contribution is -2.37. The van der Waals surface area contributed by atoms with E-state index in [1.54, 1.807) is 0 Å². The maximum absolute atomic E-state index is 5.90. The van der Waals surface area contributed by atoms with Gasteiger partial charge in [-0.05, 0) is 25.0 Å². The number of nitrogens with zero attached hydrogens (tertiary/aromatic N) is 1. The zero-order chi connectivity index (χ0) is 13.2. The molecule has 0 fully saturated rings. The third-order valence-electron chi connectivity index (χ3n) is 3.22. The molecule has 0 saturated carbocycles. The highest BCUT2D eigenvalue weighted by molar-refractivity contribution is 7.99. The van der Waals surface area contributed by atoms with Gasteiger partial charge >= 0.3 is 0 Å².